The van der Waals surface area contributed by atoms with Crippen LogP contribution in [0.15, 0.2) is 58.3 Å². The highest BCUT2D eigenvalue weighted by atomic mass is 32.1. The van der Waals surface area contributed by atoms with E-state index in [0.717, 1.165) is 28.9 Å². The van der Waals surface area contributed by atoms with Crippen molar-refractivity contribution in [1.82, 2.24) is 4.98 Å². The lowest BCUT2D eigenvalue weighted by molar-refractivity contribution is -0.137. The lowest BCUT2D eigenvalue weighted by atomic mass is 10.1. The summed E-state index contributed by atoms with van der Waals surface area (Å²) < 4.78 is 49.4. The van der Waals surface area contributed by atoms with Crippen molar-refractivity contribution in [3.05, 3.63) is 65.0 Å². The van der Waals surface area contributed by atoms with Gasteiger partial charge in [0.2, 0.25) is 0 Å². The van der Waals surface area contributed by atoms with Crippen LogP contribution in [0.25, 0.3) is 22.4 Å². The zero-order chi connectivity index (χ0) is 20.6. The Morgan fingerprint density at radius 1 is 1.17 bits per heavy atom. The standard InChI is InChI=1S/C20H13F3N2O3S/c1-27-14-6-5-11-8-17(28-16(11)9-14)15-10-29-19(24-15)25-18(26)12-3-2-4-13(7-12)20(21,22)23/h2-10H,1H3,(H,24,25,26). The Morgan fingerprint density at radius 3 is 2.76 bits per heavy atom. The number of benzene rings is 2. The third-order valence-electron chi connectivity index (χ3n) is 4.16. The molecule has 0 saturated carbocycles. The first-order valence-corrected chi connectivity index (χ1v) is 9.23. The third-order valence-corrected chi connectivity index (χ3v) is 4.91. The summed E-state index contributed by atoms with van der Waals surface area (Å²) in [5, 5.41) is 5.32. The molecule has 2 heterocycles. The number of thiazole rings is 1. The second-order valence-corrected chi connectivity index (χ2v) is 6.94. The zero-order valence-corrected chi connectivity index (χ0v) is 15.7. The van der Waals surface area contributed by atoms with Crippen molar-refractivity contribution in [2.75, 3.05) is 12.4 Å². The lowest BCUT2D eigenvalue weighted by Gasteiger charge is -2.08. The van der Waals surface area contributed by atoms with E-state index in [1.807, 2.05) is 18.2 Å². The second kappa shape index (κ2) is 7.25. The van der Waals surface area contributed by atoms with Crippen LogP contribution in [0.1, 0.15) is 15.9 Å². The maximum atomic E-state index is 12.8. The average Bonchev–Trinajstić information content (AvgIpc) is 3.33. The average molecular weight is 418 g/mol. The number of nitrogens with zero attached hydrogens (tertiary/aromatic N) is 1. The van der Waals surface area contributed by atoms with Crippen LogP contribution in [0, 0.1) is 0 Å². The first-order chi connectivity index (χ1) is 13.8. The maximum Gasteiger partial charge on any atom is 0.416 e. The van der Waals surface area contributed by atoms with Crippen LogP contribution >= 0.6 is 11.3 Å². The van der Waals surface area contributed by atoms with Crippen LogP contribution in [0.5, 0.6) is 5.75 Å². The van der Waals surface area contributed by atoms with Crippen LogP contribution in [-0.2, 0) is 6.18 Å². The molecule has 0 spiro atoms. The minimum Gasteiger partial charge on any atom is -0.497 e. The van der Waals surface area contributed by atoms with Crippen molar-refractivity contribution in [3.8, 4) is 17.2 Å². The number of fused-ring (bicyclic) bond motifs is 1. The molecule has 4 rings (SSSR count). The van der Waals surface area contributed by atoms with Crippen LogP contribution in [-0.4, -0.2) is 18.0 Å². The fraction of sp³-hybridized carbons (Fsp3) is 0.100. The highest BCUT2D eigenvalue weighted by Crippen LogP contribution is 2.32. The molecule has 2 aromatic carbocycles. The summed E-state index contributed by atoms with van der Waals surface area (Å²) in [6.45, 7) is 0. The van der Waals surface area contributed by atoms with Gasteiger partial charge in [-0.1, -0.05) is 6.07 Å². The number of carbonyl (C=O) groups excluding carboxylic acids is 1. The SMILES string of the molecule is COc1ccc2cc(-c3csc(NC(=O)c4cccc(C(F)(F)F)c4)n3)oc2c1. The topological polar surface area (TPSA) is 64.4 Å². The molecule has 0 aliphatic heterocycles. The highest BCUT2D eigenvalue weighted by molar-refractivity contribution is 7.14. The molecular formula is C20H13F3N2O3S. The molecule has 1 N–H and O–H groups in total. The molecule has 1 amide bonds. The van der Waals surface area contributed by atoms with E-state index in [2.05, 4.69) is 10.3 Å². The summed E-state index contributed by atoms with van der Waals surface area (Å²) in [5.41, 5.74) is 0.140. The quantitative estimate of drug-likeness (QED) is 0.453. The first kappa shape index (κ1) is 19.0. The van der Waals surface area contributed by atoms with Gasteiger partial charge in [-0.15, -0.1) is 11.3 Å². The Hall–Kier alpha value is -3.33. The Balaban J connectivity index is 1.54. The lowest BCUT2D eigenvalue weighted by Crippen LogP contribution is -2.13. The number of aromatic nitrogens is 1. The summed E-state index contributed by atoms with van der Waals surface area (Å²) in [7, 11) is 1.56. The number of rotatable bonds is 4. The molecule has 4 aromatic rings. The van der Waals surface area contributed by atoms with Gasteiger partial charge in [-0.05, 0) is 36.4 Å². The largest absolute Gasteiger partial charge is 0.497 e. The summed E-state index contributed by atoms with van der Waals surface area (Å²) in [5.74, 6) is 0.487. The van der Waals surface area contributed by atoms with Crippen LogP contribution in [0.3, 0.4) is 0 Å². The number of hydrogen-bond acceptors (Lipinski definition) is 5. The number of furan rings is 1. The van der Waals surface area contributed by atoms with E-state index in [4.69, 9.17) is 9.15 Å². The third kappa shape index (κ3) is 3.95. The second-order valence-electron chi connectivity index (χ2n) is 6.08. The number of halogens is 3. The molecule has 0 bridgehead atoms. The van der Waals surface area contributed by atoms with Gasteiger partial charge in [-0.3, -0.25) is 10.1 Å². The molecule has 0 atom stereocenters. The Kier molecular flexibility index (Phi) is 4.75. The fourth-order valence-electron chi connectivity index (χ4n) is 2.72. The van der Waals surface area contributed by atoms with Gasteiger partial charge in [0.05, 0.1) is 12.7 Å². The van der Waals surface area contributed by atoms with E-state index in [-0.39, 0.29) is 10.7 Å². The monoisotopic (exact) mass is 418 g/mol. The maximum absolute atomic E-state index is 12.8. The normalized spacial score (nSPS) is 11.6. The molecule has 148 valence electrons. The Morgan fingerprint density at radius 2 is 2.00 bits per heavy atom. The van der Waals surface area contributed by atoms with Gasteiger partial charge in [0, 0.05) is 22.4 Å². The number of nitrogens with one attached hydrogen (secondary N) is 1. The van der Waals surface area contributed by atoms with E-state index in [1.54, 1.807) is 18.6 Å². The summed E-state index contributed by atoms with van der Waals surface area (Å²) >= 11 is 1.14. The van der Waals surface area contributed by atoms with Gasteiger partial charge in [0.15, 0.2) is 10.9 Å². The molecule has 29 heavy (non-hydrogen) atoms. The van der Waals surface area contributed by atoms with Crippen LogP contribution in [0.2, 0.25) is 0 Å². The van der Waals surface area contributed by atoms with Crippen molar-refractivity contribution >= 4 is 33.3 Å². The fourth-order valence-corrected chi connectivity index (χ4v) is 3.41. The van der Waals surface area contributed by atoms with Gasteiger partial charge in [0.25, 0.3) is 5.91 Å². The molecule has 0 aliphatic carbocycles. The van der Waals surface area contributed by atoms with E-state index in [9.17, 15) is 18.0 Å². The number of hydrogen-bond donors (Lipinski definition) is 1. The van der Waals surface area contributed by atoms with Crippen molar-refractivity contribution in [1.29, 1.82) is 0 Å². The summed E-state index contributed by atoms with van der Waals surface area (Å²) in [6, 6.07) is 11.4. The van der Waals surface area contributed by atoms with Crippen molar-refractivity contribution in [2.45, 2.75) is 6.18 Å². The predicted octanol–water partition coefficient (Wildman–Crippen LogP) is 5.84. The van der Waals surface area contributed by atoms with Gasteiger partial charge >= 0.3 is 6.18 Å². The van der Waals surface area contributed by atoms with Gasteiger partial charge < -0.3 is 9.15 Å². The smallest absolute Gasteiger partial charge is 0.416 e. The number of carbonyl (C=O) groups is 1. The summed E-state index contributed by atoms with van der Waals surface area (Å²) in [6.07, 6.45) is -4.52. The van der Waals surface area contributed by atoms with E-state index in [1.165, 1.54) is 12.1 Å². The number of alkyl halides is 3. The number of ether oxygens (including phenoxy) is 1. The number of methoxy groups -OCH3 is 1. The van der Waals surface area contributed by atoms with E-state index < -0.39 is 17.6 Å². The molecule has 2 aromatic heterocycles. The Labute approximate surface area is 166 Å². The number of amides is 1. The molecule has 0 saturated heterocycles. The van der Waals surface area contributed by atoms with Crippen molar-refractivity contribution in [3.63, 3.8) is 0 Å². The van der Waals surface area contributed by atoms with Crippen molar-refractivity contribution < 1.29 is 27.1 Å². The van der Waals surface area contributed by atoms with Crippen LogP contribution < -0.4 is 10.1 Å². The van der Waals surface area contributed by atoms with Gasteiger partial charge in [-0.2, -0.15) is 13.2 Å². The highest BCUT2D eigenvalue weighted by Gasteiger charge is 2.31. The first-order valence-electron chi connectivity index (χ1n) is 8.35. The summed E-state index contributed by atoms with van der Waals surface area (Å²) in [4.78, 5) is 16.6. The molecule has 0 fully saturated rings. The number of anilines is 1. The van der Waals surface area contributed by atoms with E-state index >= 15 is 0 Å². The minimum atomic E-state index is -4.52. The van der Waals surface area contributed by atoms with Crippen LogP contribution in [0.4, 0.5) is 18.3 Å². The molecule has 9 heteroatoms. The molecule has 0 aliphatic rings. The molecule has 5 nitrogen and oxygen atoms in total. The van der Waals surface area contributed by atoms with E-state index in [0.29, 0.717) is 22.8 Å². The molecule has 0 unspecified atom stereocenters. The van der Waals surface area contributed by atoms with Crippen molar-refractivity contribution in [2.24, 2.45) is 0 Å². The van der Waals surface area contributed by atoms with Gasteiger partial charge in [0.1, 0.15) is 17.0 Å². The predicted molar refractivity (Wildman–Crippen MR) is 103 cm³/mol. The zero-order valence-electron chi connectivity index (χ0n) is 14.9. The molecule has 0 radical (unpaired) electrons. The Bertz CT molecular complexity index is 1200. The van der Waals surface area contributed by atoms with Gasteiger partial charge in [-0.25, -0.2) is 4.98 Å². The molecular weight excluding hydrogens is 405 g/mol. The minimum absolute atomic E-state index is 0.104.